The molecule has 1 amide bonds. The molecule has 3 aromatic rings. The second kappa shape index (κ2) is 9.75. The molecule has 0 spiro atoms. The molecular formula is C22H24ClN3O3S. The third-order valence-corrected chi connectivity index (χ3v) is 6.34. The van der Waals surface area contributed by atoms with Crippen LogP contribution in [0.25, 0.3) is 10.2 Å². The lowest BCUT2D eigenvalue weighted by atomic mass is 10.2. The molecule has 0 unspecified atom stereocenters. The molecule has 1 aliphatic rings. The number of fused-ring (bicyclic) bond motifs is 1. The summed E-state index contributed by atoms with van der Waals surface area (Å²) in [6.45, 7) is 7.02. The van der Waals surface area contributed by atoms with Gasteiger partial charge in [0.2, 0.25) is 0 Å². The van der Waals surface area contributed by atoms with E-state index in [0.717, 1.165) is 48.8 Å². The molecule has 4 rings (SSSR count). The van der Waals surface area contributed by atoms with Crippen LogP contribution in [0.4, 0.5) is 5.13 Å². The van der Waals surface area contributed by atoms with Crippen LogP contribution in [0.1, 0.15) is 17.3 Å². The van der Waals surface area contributed by atoms with Gasteiger partial charge in [0.05, 0.1) is 29.5 Å². The molecule has 0 bridgehead atoms. The van der Waals surface area contributed by atoms with Crippen LogP contribution in [0.2, 0.25) is 5.02 Å². The Bertz CT molecular complexity index is 1000. The molecule has 30 heavy (non-hydrogen) atoms. The number of benzene rings is 2. The lowest BCUT2D eigenvalue weighted by molar-refractivity contribution is 0.0391. The Labute approximate surface area is 185 Å². The average Bonchev–Trinajstić information content (AvgIpc) is 3.21. The molecule has 1 fully saturated rings. The van der Waals surface area contributed by atoms with Gasteiger partial charge in [-0.25, -0.2) is 4.98 Å². The molecule has 0 atom stereocenters. The van der Waals surface area contributed by atoms with E-state index in [0.29, 0.717) is 28.9 Å². The number of carbonyl (C=O) groups excluding carboxylic acids is 1. The summed E-state index contributed by atoms with van der Waals surface area (Å²) in [4.78, 5) is 22.2. The number of morpholine rings is 1. The first-order valence-corrected chi connectivity index (χ1v) is 11.2. The number of amides is 1. The molecular weight excluding hydrogens is 422 g/mol. The Morgan fingerprint density at radius 2 is 2.00 bits per heavy atom. The van der Waals surface area contributed by atoms with E-state index in [4.69, 9.17) is 26.1 Å². The number of carbonyl (C=O) groups is 1. The van der Waals surface area contributed by atoms with E-state index in [1.54, 1.807) is 17.0 Å². The Morgan fingerprint density at radius 3 is 2.70 bits per heavy atom. The molecule has 0 N–H and O–H groups in total. The molecule has 1 aromatic heterocycles. The topological polar surface area (TPSA) is 54.9 Å². The van der Waals surface area contributed by atoms with Gasteiger partial charge in [-0.3, -0.25) is 14.6 Å². The van der Waals surface area contributed by atoms with Crippen LogP contribution >= 0.6 is 22.9 Å². The predicted molar refractivity (Wildman–Crippen MR) is 121 cm³/mol. The Morgan fingerprint density at radius 1 is 1.23 bits per heavy atom. The summed E-state index contributed by atoms with van der Waals surface area (Å²) in [5.41, 5.74) is 1.33. The fraction of sp³-hybridized carbons (Fsp3) is 0.364. The van der Waals surface area contributed by atoms with Crippen molar-refractivity contribution in [1.29, 1.82) is 0 Å². The SMILES string of the molecule is CCOc1ccc(C(=O)N(CCN2CCOCC2)c2nc3c(Cl)cccc3s2)cc1. The minimum Gasteiger partial charge on any atom is -0.494 e. The van der Waals surface area contributed by atoms with Gasteiger partial charge in [0, 0.05) is 31.7 Å². The number of halogens is 1. The maximum atomic E-state index is 13.4. The highest BCUT2D eigenvalue weighted by molar-refractivity contribution is 7.22. The van der Waals surface area contributed by atoms with Gasteiger partial charge in [-0.1, -0.05) is 29.0 Å². The highest BCUT2D eigenvalue weighted by Crippen LogP contribution is 2.33. The van der Waals surface area contributed by atoms with Crippen LogP contribution in [-0.4, -0.2) is 61.8 Å². The standard InChI is InChI=1S/C22H24ClN3O3S/c1-2-29-17-8-6-16(7-9-17)21(27)26(11-10-25-12-14-28-15-13-25)22-24-20-18(23)4-3-5-19(20)30-22/h3-9H,2,10-15H2,1H3. The summed E-state index contributed by atoms with van der Waals surface area (Å²) in [6, 6.07) is 12.9. The van der Waals surface area contributed by atoms with Crippen molar-refractivity contribution in [2.45, 2.75) is 6.92 Å². The van der Waals surface area contributed by atoms with Crippen molar-refractivity contribution in [3.8, 4) is 5.75 Å². The maximum absolute atomic E-state index is 13.4. The van der Waals surface area contributed by atoms with Gasteiger partial charge in [0.15, 0.2) is 5.13 Å². The van der Waals surface area contributed by atoms with Crippen LogP contribution in [-0.2, 0) is 4.74 Å². The van der Waals surface area contributed by atoms with Gasteiger partial charge in [-0.2, -0.15) is 0 Å². The zero-order chi connectivity index (χ0) is 20.9. The first-order valence-electron chi connectivity index (χ1n) is 10.1. The van der Waals surface area contributed by atoms with Gasteiger partial charge < -0.3 is 9.47 Å². The summed E-state index contributed by atoms with van der Waals surface area (Å²) < 4.78 is 11.9. The van der Waals surface area contributed by atoms with Crippen molar-refractivity contribution in [1.82, 2.24) is 9.88 Å². The fourth-order valence-corrected chi connectivity index (χ4v) is 4.67. The first kappa shape index (κ1) is 21.1. The third-order valence-electron chi connectivity index (χ3n) is 4.99. The number of anilines is 1. The largest absolute Gasteiger partial charge is 0.494 e. The van der Waals surface area contributed by atoms with E-state index in [1.165, 1.54) is 11.3 Å². The van der Waals surface area contributed by atoms with Gasteiger partial charge in [0.25, 0.3) is 5.91 Å². The summed E-state index contributed by atoms with van der Waals surface area (Å²) in [5.74, 6) is 0.669. The summed E-state index contributed by atoms with van der Waals surface area (Å²) in [6.07, 6.45) is 0. The van der Waals surface area contributed by atoms with Crippen molar-refractivity contribution in [2.75, 3.05) is 50.9 Å². The first-order chi connectivity index (χ1) is 14.7. The van der Waals surface area contributed by atoms with Gasteiger partial charge in [0.1, 0.15) is 11.3 Å². The van der Waals surface area contributed by atoms with E-state index in [9.17, 15) is 4.79 Å². The molecule has 2 aromatic carbocycles. The van der Waals surface area contributed by atoms with Crippen LogP contribution in [0.3, 0.4) is 0 Å². The van der Waals surface area contributed by atoms with E-state index in [2.05, 4.69) is 4.90 Å². The normalized spacial score (nSPS) is 14.7. The maximum Gasteiger partial charge on any atom is 0.260 e. The van der Waals surface area contributed by atoms with Crippen LogP contribution in [0.15, 0.2) is 42.5 Å². The van der Waals surface area contributed by atoms with Crippen molar-refractivity contribution in [3.05, 3.63) is 53.1 Å². The van der Waals surface area contributed by atoms with E-state index in [1.807, 2.05) is 37.3 Å². The minimum atomic E-state index is -0.0820. The van der Waals surface area contributed by atoms with Crippen molar-refractivity contribution in [3.63, 3.8) is 0 Å². The lowest BCUT2D eigenvalue weighted by Gasteiger charge is -2.29. The molecule has 1 aliphatic heterocycles. The number of para-hydroxylation sites is 1. The van der Waals surface area contributed by atoms with Crippen molar-refractivity contribution < 1.29 is 14.3 Å². The van der Waals surface area contributed by atoms with Gasteiger partial charge in [-0.05, 0) is 43.3 Å². The average molecular weight is 446 g/mol. The van der Waals surface area contributed by atoms with Gasteiger partial charge >= 0.3 is 0 Å². The van der Waals surface area contributed by atoms with E-state index in [-0.39, 0.29) is 5.91 Å². The zero-order valence-corrected chi connectivity index (χ0v) is 18.4. The Hall–Kier alpha value is -2.19. The lowest BCUT2D eigenvalue weighted by Crippen LogP contribution is -2.43. The smallest absolute Gasteiger partial charge is 0.260 e. The number of aromatic nitrogens is 1. The summed E-state index contributed by atoms with van der Waals surface area (Å²) in [7, 11) is 0. The quantitative estimate of drug-likeness (QED) is 0.542. The molecule has 0 radical (unpaired) electrons. The number of thiazole rings is 1. The number of ether oxygens (including phenoxy) is 2. The molecule has 0 aliphatic carbocycles. The third kappa shape index (κ3) is 4.75. The number of nitrogens with zero attached hydrogens (tertiary/aromatic N) is 3. The van der Waals surface area contributed by atoms with Crippen molar-refractivity contribution >= 4 is 44.2 Å². The Balaban J connectivity index is 1.61. The Kier molecular flexibility index (Phi) is 6.84. The molecule has 8 heteroatoms. The van der Waals surface area contributed by atoms with Crippen LogP contribution < -0.4 is 9.64 Å². The van der Waals surface area contributed by atoms with Crippen LogP contribution in [0, 0.1) is 0 Å². The molecule has 2 heterocycles. The fourth-order valence-electron chi connectivity index (χ4n) is 3.39. The highest BCUT2D eigenvalue weighted by Gasteiger charge is 2.23. The second-order valence-electron chi connectivity index (χ2n) is 6.95. The zero-order valence-electron chi connectivity index (χ0n) is 16.8. The summed E-state index contributed by atoms with van der Waals surface area (Å²) in [5, 5.41) is 1.25. The molecule has 1 saturated heterocycles. The monoisotopic (exact) mass is 445 g/mol. The molecule has 158 valence electrons. The minimum absolute atomic E-state index is 0.0820. The number of hydrogen-bond acceptors (Lipinski definition) is 6. The highest BCUT2D eigenvalue weighted by atomic mass is 35.5. The number of hydrogen-bond donors (Lipinski definition) is 0. The van der Waals surface area contributed by atoms with Crippen LogP contribution in [0.5, 0.6) is 5.75 Å². The van der Waals surface area contributed by atoms with Gasteiger partial charge in [-0.15, -0.1) is 0 Å². The van der Waals surface area contributed by atoms with Crippen molar-refractivity contribution in [2.24, 2.45) is 0 Å². The number of rotatable bonds is 7. The predicted octanol–water partition coefficient (Wildman–Crippen LogP) is 4.33. The second-order valence-corrected chi connectivity index (χ2v) is 8.37. The van der Waals surface area contributed by atoms with E-state index < -0.39 is 0 Å². The molecule has 0 saturated carbocycles. The van der Waals surface area contributed by atoms with E-state index >= 15 is 0 Å². The summed E-state index contributed by atoms with van der Waals surface area (Å²) >= 11 is 7.80. The molecule has 6 nitrogen and oxygen atoms in total.